The highest BCUT2D eigenvalue weighted by Gasteiger charge is 2.25. The zero-order valence-corrected chi connectivity index (χ0v) is 42.1. The molecule has 0 saturated heterocycles. The fourth-order valence-electron chi connectivity index (χ4n) is 6.66. The van der Waals surface area contributed by atoms with E-state index in [1.807, 2.05) is 21.1 Å². The number of allylic oxidation sites excluding steroid dienone is 14. The molecule has 1 N–H and O–H groups in total. The molecule has 0 aliphatic heterocycles. The summed E-state index contributed by atoms with van der Waals surface area (Å²) in [6, 6.07) is 0. The Bertz CT molecular complexity index is 1340. The molecule has 372 valence electrons. The van der Waals surface area contributed by atoms with Gasteiger partial charge in [-0.1, -0.05) is 176 Å². The summed E-state index contributed by atoms with van der Waals surface area (Å²) in [5.74, 6) is -2.05. The summed E-state index contributed by atoms with van der Waals surface area (Å²) in [7, 11) is 5.95. The molecular formula is C56H96NO8+. The Balaban J connectivity index is 4.39. The molecule has 0 fully saturated rings. The lowest BCUT2D eigenvalue weighted by molar-refractivity contribution is -0.870. The van der Waals surface area contributed by atoms with Crippen molar-refractivity contribution in [3.63, 3.8) is 0 Å². The molecule has 2 unspecified atom stereocenters. The normalized spacial score (nSPS) is 13.6. The molecule has 0 aliphatic carbocycles. The molecule has 0 rings (SSSR count). The average Bonchev–Trinajstić information content (AvgIpc) is 3.27. The van der Waals surface area contributed by atoms with Gasteiger partial charge < -0.3 is 28.5 Å². The second-order valence-corrected chi connectivity index (χ2v) is 18.1. The van der Waals surface area contributed by atoms with Crippen LogP contribution in [0.2, 0.25) is 0 Å². The third-order valence-corrected chi connectivity index (χ3v) is 10.6. The van der Waals surface area contributed by atoms with E-state index >= 15 is 0 Å². The van der Waals surface area contributed by atoms with E-state index in [1.165, 1.54) is 44.9 Å². The molecule has 0 aromatic carbocycles. The molecule has 9 nitrogen and oxygen atoms in total. The van der Waals surface area contributed by atoms with Crippen LogP contribution in [0, 0.1) is 0 Å². The van der Waals surface area contributed by atoms with Gasteiger partial charge in [-0.25, -0.2) is 4.79 Å². The Morgan fingerprint density at radius 1 is 0.477 bits per heavy atom. The van der Waals surface area contributed by atoms with Crippen LogP contribution in [0.4, 0.5) is 0 Å². The molecule has 0 aromatic rings. The van der Waals surface area contributed by atoms with Crippen LogP contribution < -0.4 is 0 Å². The lowest BCUT2D eigenvalue weighted by Gasteiger charge is -2.25. The van der Waals surface area contributed by atoms with Gasteiger partial charge in [0, 0.05) is 12.8 Å². The second kappa shape index (κ2) is 47.0. The number of ether oxygens (including phenoxy) is 4. The van der Waals surface area contributed by atoms with E-state index < -0.39 is 24.3 Å². The molecule has 0 aliphatic rings. The number of quaternary nitrogens is 1. The maximum absolute atomic E-state index is 12.8. The number of hydrogen-bond donors (Lipinski definition) is 1. The van der Waals surface area contributed by atoms with Crippen LogP contribution in [0.1, 0.15) is 194 Å². The highest BCUT2D eigenvalue weighted by Crippen LogP contribution is 2.13. The first-order valence-corrected chi connectivity index (χ1v) is 25.8. The molecular weight excluding hydrogens is 815 g/mol. The lowest BCUT2D eigenvalue weighted by atomic mass is 10.1. The van der Waals surface area contributed by atoms with Crippen LogP contribution >= 0.6 is 0 Å². The maximum atomic E-state index is 12.8. The predicted octanol–water partition coefficient (Wildman–Crippen LogP) is 14.4. The molecule has 0 heterocycles. The van der Waals surface area contributed by atoms with E-state index in [0.29, 0.717) is 17.4 Å². The van der Waals surface area contributed by atoms with Gasteiger partial charge in [0.1, 0.15) is 13.2 Å². The first-order valence-electron chi connectivity index (χ1n) is 25.8. The van der Waals surface area contributed by atoms with Gasteiger partial charge in [0.25, 0.3) is 6.29 Å². The van der Waals surface area contributed by atoms with Gasteiger partial charge in [0.2, 0.25) is 0 Å². The van der Waals surface area contributed by atoms with Crippen LogP contribution in [0.3, 0.4) is 0 Å². The van der Waals surface area contributed by atoms with Crippen molar-refractivity contribution in [1.29, 1.82) is 0 Å². The van der Waals surface area contributed by atoms with Gasteiger partial charge >= 0.3 is 17.9 Å². The van der Waals surface area contributed by atoms with Gasteiger partial charge in [-0.05, 0) is 89.9 Å². The minimum atomic E-state index is -1.52. The smallest absolute Gasteiger partial charge is 0.361 e. The SMILES string of the molecule is CC/C=C\C/C=C\C/C=C\C/C=C\C/C=C\C/C=C\CCCCCCCCC(=O)OC(COC(=O)CCCCCCC/C=C\CCCCCCCC)COC(OCC[N+](C)(C)C)C(=O)O. The number of carboxylic acid groups (broad SMARTS) is 1. The van der Waals surface area contributed by atoms with Crippen LogP contribution in [-0.2, 0) is 33.3 Å². The minimum absolute atomic E-state index is 0.179. The van der Waals surface area contributed by atoms with E-state index in [0.717, 1.165) is 116 Å². The quantitative estimate of drug-likeness (QED) is 0.0211. The van der Waals surface area contributed by atoms with Crippen LogP contribution in [-0.4, -0.2) is 87.4 Å². The van der Waals surface area contributed by atoms with Crippen LogP contribution in [0.5, 0.6) is 0 Å². The van der Waals surface area contributed by atoms with Gasteiger partial charge in [0.15, 0.2) is 6.10 Å². The number of esters is 2. The molecule has 0 bridgehead atoms. The van der Waals surface area contributed by atoms with Crippen molar-refractivity contribution in [1.82, 2.24) is 0 Å². The summed E-state index contributed by atoms with van der Waals surface area (Å²) in [6.07, 6.45) is 57.8. The maximum Gasteiger partial charge on any atom is 0.361 e. The minimum Gasteiger partial charge on any atom is -0.477 e. The highest BCUT2D eigenvalue weighted by molar-refractivity contribution is 5.71. The summed E-state index contributed by atoms with van der Waals surface area (Å²) in [5, 5.41) is 9.67. The van der Waals surface area contributed by atoms with Crippen molar-refractivity contribution in [3.8, 4) is 0 Å². The second-order valence-electron chi connectivity index (χ2n) is 18.1. The Morgan fingerprint density at radius 2 is 0.877 bits per heavy atom. The van der Waals surface area contributed by atoms with Crippen molar-refractivity contribution in [2.24, 2.45) is 0 Å². The summed E-state index contributed by atoms with van der Waals surface area (Å²) in [4.78, 5) is 37.3. The van der Waals surface area contributed by atoms with Crippen molar-refractivity contribution in [2.45, 2.75) is 206 Å². The topological polar surface area (TPSA) is 108 Å². The van der Waals surface area contributed by atoms with E-state index in [-0.39, 0.29) is 38.6 Å². The molecule has 9 heteroatoms. The number of hydrogen-bond acceptors (Lipinski definition) is 7. The molecule has 0 radical (unpaired) electrons. The lowest BCUT2D eigenvalue weighted by Crippen LogP contribution is -2.40. The number of carbonyl (C=O) groups excluding carboxylic acids is 2. The number of unbranched alkanes of at least 4 members (excludes halogenated alkanes) is 17. The van der Waals surface area contributed by atoms with E-state index in [9.17, 15) is 19.5 Å². The Hall–Kier alpha value is -3.53. The molecule has 0 saturated carbocycles. The standard InChI is InChI=1S/C56H95NO8/c1-6-8-10-12-14-16-18-20-22-23-24-25-26-27-28-29-30-31-33-35-37-39-41-43-45-47-54(59)65-52(51-64-56(55(60)61)62-49-48-57(3,4)5)50-63-53(58)46-44-42-40-38-36-34-32-21-19-17-15-13-11-9-7-2/h8,10,14,16,20-22,24-25,27-28,30-32,52,56H,6-7,9,11-13,15,17-19,23,26,29,33-51H2,1-5H3/p+1/b10-8-,16-14-,22-20-,25-24-,28-27-,31-30-,32-21-. The summed E-state index contributed by atoms with van der Waals surface area (Å²) < 4.78 is 22.8. The van der Waals surface area contributed by atoms with Crippen molar-refractivity contribution in [2.75, 3.05) is 47.5 Å². The Kier molecular flexibility index (Phi) is 44.4. The number of nitrogens with zero attached hydrogens (tertiary/aromatic N) is 1. The molecule has 0 amide bonds. The van der Waals surface area contributed by atoms with Gasteiger partial charge in [0.05, 0.1) is 34.4 Å². The van der Waals surface area contributed by atoms with Gasteiger partial charge in [-0.15, -0.1) is 0 Å². The average molecular weight is 911 g/mol. The number of carbonyl (C=O) groups is 3. The number of likely N-dealkylation sites (N-methyl/N-ethyl adjacent to an activating group) is 1. The van der Waals surface area contributed by atoms with Crippen LogP contribution in [0.25, 0.3) is 0 Å². The van der Waals surface area contributed by atoms with Crippen molar-refractivity contribution in [3.05, 3.63) is 85.1 Å². The van der Waals surface area contributed by atoms with Crippen molar-refractivity contribution >= 4 is 17.9 Å². The number of rotatable bonds is 46. The van der Waals surface area contributed by atoms with E-state index in [2.05, 4.69) is 98.9 Å². The fourth-order valence-corrected chi connectivity index (χ4v) is 6.66. The summed E-state index contributed by atoms with van der Waals surface area (Å²) >= 11 is 0. The van der Waals surface area contributed by atoms with Gasteiger partial charge in [-0.2, -0.15) is 0 Å². The fraction of sp³-hybridized carbons (Fsp3) is 0.696. The molecule has 0 aromatic heterocycles. The Labute approximate surface area is 398 Å². The van der Waals surface area contributed by atoms with E-state index in [1.54, 1.807) is 0 Å². The Morgan fingerprint density at radius 3 is 1.32 bits per heavy atom. The monoisotopic (exact) mass is 911 g/mol. The number of carboxylic acids is 1. The first kappa shape index (κ1) is 61.5. The predicted molar refractivity (Wildman–Crippen MR) is 272 cm³/mol. The van der Waals surface area contributed by atoms with E-state index in [4.69, 9.17) is 18.9 Å². The molecule has 65 heavy (non-hydrogen) atoms. The third kappa shape index (κ3) is 48.2. The molecule has 0 spiro atoms. The zero-order valence-electron chi connectivity index (χ0n) is 42.1. The summed E-state index contributed by atoms with van der Waals surface area (Å²) in [5.41, 5.74) is 0. The summed E-state index contributed by atoms with van der Waals surface area (Å²) in [6.45, 7) is 4.71. The van der Waals surface area contributed by atoms with Crippen molar-refractivity contribution < 1.29 is 42.9 Å². The highest BCUT2D eigenvalue weighted by atomic mass is 16.7. The largest absolute Gasteiger partial charge is 0.477 e. The third-order valence-electron chi connectivity index (χ3n) is 10.6. The first-order chi connectivity index (χ1) is 31.6. The number of aliphatic carboxylic acids is 1. The van der Waals surface area contributed by atoms with Gasteiger partial charge in [-0.3, -0.25) is 9.59 Å². The molecule has 2 atom stereocenters. The van der Waals surface area contributed by atoms with Crippen LogP contribution in [0.15, 0.2) is 85.1 Å². The zero-order chi connectivity index (χ0) is 47.7.